The van der Waals surface area contributed by atoms with Crippen LogP contribution in [-0.4, -0.2) is 10.7 Å². The van der Waals surface area contributed by atoms with Gasteiger partial charge >= 0.3 is 0 Å². The van der Waals surface area contributed by atoms with E-state index >= 15 is 0 Å². The lowest BCUT2D eigenvalue weighted by Gasteiger charge is -2.49. The lowest BCUT2D eigenvalue weighted by molar-refractivity contribution is -0.00866. The van der Waals surface area contributed by atoms with Crippen LogP contribution in [0.2, 0.25) is 0 Å². The van der Waals surface area contributed by atoms with Crippen LogP contribution >= 0.6 is 0 Å². The number of phenolic OH excluding ortho intramolecular Hbond substituents is 1. The number of unbranched alkanes of at least 4 members (excludes halogenated alkanes) is 2. The summed E-state index contributed by atoms with van der Waals surface area (Å²) in [6.07, 6.45) is 8.07. The largest absolute Gasteiger partial charge is 0.508 e. The Bertz CT molecular complexity index is 563. The Labute approximate surface area is 141 Å². The highest BCUT2D eigenvalue weighted by atomic mass is 16.5. The molecule has 0 saturated heterocycles. The summed E-state index contributed by atoms with van der Waals surface area (Å²) in [6, 6.07) is 4.20. The van der Waals surface area contributed by atoms with E-state index in [1.54, 1.807) is 0 Å². The van der Waals surface area contributed by atoms with Crippen molar-refractivity contribution in [1.29, 1.82) is 0 Å². The molecular formula is C21H32O2. The molecule has 2 bridgehead atoms. The number of hydrogen-bond acceptors (Lipinski definition) is 2. The molecule has 0 spiro atoms. The molecule has 2 nitrogen and oxygen atoms in total. The highest BCUT2D eigenvalue weighted by Gasteiger charge is 2.46. The van der Waals surface area contributed by atoms with Gasteiger partial charge in [-0.15, -0.1) is 0 Å². The summed E-state index contributed by atoms with van der Waals surface area (Å²) in [4.78, 5) is 0. The van der Waals surface area contributed by atoms with Crippen LogP contribution in [0.25, 0.3) is 0 Å². The first kappa shape index (κ1) is 16.7. The lowest BCUT2D eigenvalue weighted by Crippen LogP contribution is -2.45. The molecule has 1 saturated carbocycles. The normalized spacial score (nSPS) is 29.3. The van der Waals surface area contributed by atoms with Gasteiger partial charge in [-0.2, -0.15) is 0 Å². The minimum Gasteiger partial charge on any atom is -0.508 e. The molecule has 0 radical (unpaired) electrons. The molecule has 2 aliphatic rings. The zero-order chi connectivity index (χ0) is 16.6. The molecule has 0 amide bonds. The van der Waals surface area contributed by atoms with Crippen molar-refractivity contribution in [2.24, 2.45) is 11.8 Å². The SMILES string of the molecule is CCCCCc1cc(O)c2c(c1)O[C@@]1(C)CC[C@H](C(C)C)[C@@H]2C1. The predicted octanol–water partition coefficient (Wildman–Crippen LogP) is 5.82. The van der Waals surface area contributed by atoms with E-state index in [2.05, 4.69) is 33.8 Å². The summed E-state index contributed by atoms with van der Waals surface area (Å²) in [5.74, 6) is 3.18. The van der Waals surface area contributed by atoms with Crippen LogP contribution in [0, 0.1) is 11.8 Å². The molecule has 3 rings (SSSR count). The fourth-order valence-electron chi connectivity index (χ4n) is 4.71. The van der Waals surface area contributed by atoms with Gasteiger partial charge in [-0.3, -0.25) is 0 Å². The van der Waals surface area contributed by atoms with E-state index in [0.29, 0.717) is 23.5 Å². The maximum absolute atomic E-state index is 10.7. The van der Waals surface area contributed by atoms with Crippen molar-refractivity contribution in [3.8, 4) is 11.5 Å². The highest BCUT2D eigenvalue weighted by molar-refractivity contribution is 5.52. The molecule has 128 valence electrons. The summed E-state index contributed by atoms with van der Waals surface area (Å²) in [7, 11) is 0. The van der Waals surface area contributed by atoms with Gasteiger partial charge < -0.3 is 9.84 Å². The van der Waals surface area contributed by atoms with E-state index in [4.69, 9.17) is 4.74 Å². The first-order valence-corrected chi connectivity index (χ1v) is 9.48. The van der Waals surface area contributed by atoms with Gasteiger partial charge in [0.2, 0.25) is 0 Å². The summed E-state index contributed by atoms with van der Waals surface area (Å²) in [5, 5.41) is 10.7. The van der Waals surface area contributed by atoms with Crippen molar-refractivity contribution in [2.75, 3.05) is 0 Å². The molecule has 23 heavy (non-hydrogen) atoms. The monoisotopic (exact) mass is 316 g/mol. The number of ether oxygens (including phenoxy) is 1. The molecule has 1 N–H and O–H groups in total. The Morgan fingerprint density at radius 3 is 2.78 bits per heavy atom. The summed E-state index contributed by atoms with van der Waals surface area (Å²) in [5.41, 5.74) is 2.26. The third-order valence-electron chi connectivity index (χ3n) is 6.01. The van der Waals surface area contributed by atoms with E-state index in [-0.39, 0.29) is 5.60 Å². The van der Waals surface area contributed by atoms with Crippen LogP contribution in [0.3, 0.4) is 0 Å². The van der Waals surface area contributed by atoms with Gasteiger partial charge in [0.05, 0.1) is 0 Å². The van der Waals surface area contributed by atoms with E-state index in [9.17, 15) is 5.11 Å². The quantitative estimate of drug-likeness (QED) is 0.694. The number of rotatable bonds is 5. The second-order valence-corrected chi connectivity index (χ2v) is 8.29. The van der Waals surface area contributed by atoms with Crippen LogP contribution < -0.4 is 4.74 Å². The molecule has 1 aliphatic heterocycles. The number of aromatic hydroxyl groups is 1. The zero-order valence-corrected chi connectivity index (χ0v) is 15.2. The van der Waals surface area contributed by atoms with Crippen LogP contribution in [-0.2, 0) is 6.42 Å². The average Bonchev–Trinajstić information content (AvgIpc) is 2.46. The molecular weight excluding hydrogens is 284 g/mol. The van der Waals surface area contributed by atoms with E-state index < -0.39 is 0 Å². The fraction of sp³-hybridized carbons (Fsp3) is 0.714. The third kappa shape index (κ3) is 3.22. The van der Waals surface area contributed by atoms with Gasteiger partial charge in [-0.25, -0.2) is 0 Å². The summed E-state index contributed by atoms with van der Waals surface area (Å²) >= 11 is 0. The molecule has 1 fully saturated rings. The highest BCUT2D eigenvalue weighted by Crippen LogP contribution is 2.55. The minimum absolute atomic E-state index is 0.0441. The van der Waals surface area contributed by atoms with Gasteiger partial charge in [0.15, 0.2) is 0 Å². The zero-order valence-electron chi connectivity index (χ0n) is 15.2. The molecule has 1 heterocycles. The second kappa shape index (κ2) is 6.37. The molecule has 1 aromatic carbocycles. The number of phenols is 1. The van der Waals surface area contributed by atoms with Crippen molar-refractivity contribution in [1.82, 2.24) is 0 Å². The smallest absolute Gasteiger partial charge is 0.127 e. The van der Waals surface area contributed by atoms with Crippen LogP contribution in [0.5, 0.6) is 11.5 Å². The Hall–Kier alpha value is -1.18. The van der Waals surface area contributed by atoms with Crippen molar-refractivity contribution in [3.63, 3.8) is 0 Å². The number of benzene rings is 1. The lowest BCUT2D eigenvalue weighted by atomic mass is 9.64. The van der Waals surface area contributed by atoms with E-state index in [1.807, 2.05) is 6.07 Å². The fourth-order valence-corrected chi connectivity index (χ4v) is 4.71. The molecule has 0 aromatic heterocycles. The number of hydrogen-bond donors (Lipinski definition) is 1. The second-order valence-electron chi connectivity index (χ2n) is 8.29. The Balaban J connectivity index is 1.94. The topological polar surface area (TPSA) is 29.5 Å². The van der Waals surface area contributed by atoms with E-state index in [1.165, 1.54) is 31.2 Å². The number of aryl methyl sites for hydroxylation is 1. The van der Waals surface area contributed by atoms with Crippen molar-refractivity contribution < 1.29 is 9.84 Å². The first-order valence-electron chi connectivity index (χ1n) is 9.48. The predicted molar refractivity (Wildman–Crippen MR) is 95.3 cm³/mol. The van der Waals surface area contributed by atoms with Crippen molar-refractivity contribution in [2.45, 2.75) is 84.2 Å². The maximum Gasteiger partial charge on any atom is 0.127 e. The van der Waals surface area contributed by atoms with Crippen LogP contribution in [0.4, 0.5) is 0 Å². The van der Waals surface area contributed by atoms with E-state index in [0.717, 1.165) is 30.6 Å². The summed E-state index contributed by atoms with van der Waals surface area (Å²) in [6.45, 7) is 9.11. The van der Waals surface area contributed by atoms with Gasteiger partial charge in [0.25, 0.3) is 0 Å². The molecule has 1 aromatic rings. The van der Waals surface area contributed by atoms with Crippen molar-refractivity contribution >= 4 is 0 Å². The number of fused-ring (bicyclic) bond motifs is 4. The standard InChI is InChI=1S/C21H32O2/c1-5-6-7-8-15-11-18(22)20-17-13-21(4,23-19(20)12-15)10-9-16(17)14(2)3/h11-12,14,16-17,22H,5-10,13H2,1-4H3/t16-,17+,21+/m1/s1. The van der Waals surface area contributed by atoms with Gasteiger partial charge in [-0.05, 0) is 74.5 Å². The summed E-state index contributed by atoms with van der Waals surface area (Å²) < 4.78 is 6.39. The molecule has 2 heteroatoms. The third-order valence-corrected chi connectivity index (χ3v) is 6.01. The molecule has 0 unspecified atom stereocenters. The molecule has 1 aliphatic carbocycles. The minimum atomic E-state index is -0.0441. The van der Waals surface area contributed by atoms with Gasteiger partial charge in [-0.1, -0.05) is 33.6 Å². The Morgan fingerprint density at radius 1 is 1.30 bits per heavy atom. The Kier molecular flexibility index (Phi) is 4.62. The van der Waals surface area contributed by atoms with Gasteiger partial charge in [0, 0.05) is 5.56 Å². The molecule has 3 atom stereocenters. The van der Waals surface area contributed by atoms with Gasteiger partial charge in [0.1, 0.15) is 17.1 Å². The van der Waals surface area contributed by atoms with Crippen LogP contribution in [0.1, 0.15) is 83.3 Å². The van der Waals surface area contributed by atoms with Crippen molar-refractivity contribution in [3.05, 3.63) is 23.3 Å². The Morgan fingerprint density at radius 2 is 2.09 bits per heavy atom. The van der Waals surface area contributed by atoms with Crippen LogP contribution in [0.15, 0.2) is 12.1 Å². The maximum atomic E-state index is 10.7. The average molecular weight is 316 g/mol. The first-order chi connectivity index (χ1) is 10.9.